The number of hydrogen-bond acceptors (Lipinski definition) is 1. The molecule has 1 unspecified atom stereocenters. The molecule has 0 amide bonds. The Morgan fingerprint density at radius 3 is 2.55 bits per heavy atom. The second-order valence-corrected chi connectivity index (χ2v) is 5.86. The summed E-state index contributed by atoms with van der Waals surface area (Å²) in [6.45, 7) is 0.694. The number of ether oxygens (including phenoxy) is 1. The van der Waals surface area contributed by atoms with E-state index in [9.17, 15) is 4.39 Å². The number of rotatable bonds is 5. The Morgan fingerprint density at radius 1 is 1.20 bits per heavy atom. The number of alkyl halides is 1. The predicted octanol–water partition coefficient (Wildman–Crippen LogP) is 5.15. The van der Waals surface area contributed by atoms with Gasteiger partial charge >= 0.3 is 0 Å². The highest BCUT2D eigenvalue weighted by molar-refractivity contribution is 9.09. The largest absolute Gasteiger partial charge is 0.384 e. The number of hydrogen-bond donors (Lipinski definition) is 0. The lowest BCUT2D eigenvalue weighted by Gasteiger charge is -2.13. The van der Waals surface area contributed by atoms with Gasteiger partial charge in [-0.05, 0) is 35.7 Å². The van der Waals surface area contributed by atoms with Crippen molar-refractivity contribution in [3.63, 3.8) is 0 Å². The Bertz CT molecular complexity index is 571. The van der Waals surface area contributed by atoms with Crippen LogP contribution in [0.5, 0.6) is 0 Å². The van der Waals surface area contributed by atoms with Crippen LogP contribution in [0.4, 0.5) is 4.39 Å². The topological polar surface area (TPSA) is 9.23 Å². The molecule has 2 aromatic carbocycles. The van der Waals surface area contributed by atoms with Crippen LogP contribution in [0.1, 0.15) is 21.5 Å². The zero-order valence-corrected chi connectivity index (χ0v) is 13.4. The maximum absolute atomic E-state index is 13.8. The van der Waals surface area contributed by atoms with Gasteiger partial charge in [-0.2, -0.15) is 0 Å². The van der Waals surface area contributed by atoms with Crippen molar-refractivity contribution in [3.8, 4) is 0 Å². The van der Waals surface area contributed by atoms with E-state index in [0.717, 1.165) is 12.0 Å². The molecule has 0 spiro atoms. The Kier molecular flexibility index (Phi) is 5.58. The van der Waals surface area contributed by atoms with E-state index in [0.29, 0.717) is 17.2 Å². The maximum Gasteiger partial charge on any atom is 0.127 e. The van der Waals surface area contributed by atoms with Crippen LogP contribution < -0.4 is 0 Å². The lowest BCUT2D eigenvalue weighted by Crippen LogP contribution is -1.98. The smallest absolute Gasteiger partial charge is 0.127 e. The molecule has 1 nitrogen and oxygen atoms in total. The van der Waals surface area contributed by atoms with Crippen molar-refractivity contribution in [1.29, 1.82) is 0 Å². The van der Waals surface area contributed by atoms with E-state index in [1.807, 2.05) is 24.3 Å². The molecule has 0 fully saturated rings. The average molecular weight is 358 g/mol. The molecule has 0 heterocycles. The maximum atomic E-state index is 13.8. The first-order chi connectivity index (χ1) is 9.61. The predicted molar refractivity (Wildman–Crippen MR) is 84.2 cm³/mol. The molecule has 0 aliphatic rings. The van der Waals surface area contributed by atoms with Crippen molar-refractivity contribution in [2.75, 3.05) is 13.7 Å². The van der Waals surface area contributed by atoms with Crippen LogP contribution in [0.25, 0.3) is 0 Å². The van der Waals surface area contributed by atoms with E-state index < -0.39 is 0 Å². The summed E-state index contributed by atoms with van der Waals surface area (Å²) in [4.78, 5) is -0.210. The molecule has 2 rings (SSSR count). The molecule has 0 radical (unpaired) electrons. The summed E-state index contributed by atoms with van der Waals surface area (Å²) in [6, 6.07) is 12.6. The fourth-order valence-corrected chi connectivity index (χ4v) is 2.80. The van der Waals surface area contributed by atoms with Gasteiger partial charge in [0.05, 0.1) is 11.4 Å². The molecule has 0 aromatic heterocycles. The Balaban J connectivity index is 2.20. The molecule has 106 valence electrons. The van der Waals surface area contributed by atoms with Crippen molar-refractivity contribution < 1.29 is 9.13 Å². The zero-order chi connectivity index (χ0) is 14.5. The second kappa shape index (κ2) is 7.21. The van der Waals surface area contributed by atoms with Gasteiger partial charge in [-0.3, -0.25) is 0 Å². The van der Waals surface area contributed by atoms with Gasteiger partial charge in [0.2, 0.25) is 0 Å². The first kappa shape index (κ1) is 15.5. The molecule has 1 atom stereocenters. The quantitative estimate of drug-likeness (QED) is 0.672. The standard InChI is InChI=1S/C16H15BrClFO/c1-20-9-8-11-2-4-12(5-3-11)16(17)14-10-13(18)6-7-15(14)19/h2-7,10,16H,8-9H2,1H3. The van der Waals surface area contributed by atoms with Crippen LogP contribution in [-0.2, 0) is 11.2 Å². The summed E-state index contributed by atoms with van der Waals surface area (Å²) in [5.41, 5.74) is 2.73. The monoisotopic (exact) mass is 356 g/mol. The minimum absolute atomic E-state index is 0.210. The number of benzene rings is 2. The number of methoxy groups -OCH3 is 1. The molecule has 4 heteroatoms. The van der Waals surface area contributed by atoms with Gasteiger partial charge in [-0.15, -0.1) is 0 Å². The normalized spacial score (nSPS) is 12.4. The van der Waals surface area contributed by atoms with Crippen LogP contribution in [0, 0.1) is 5.82 Å². The van der Waals surface area contributed by atoms with E-state index in [1.54, 1.807) is 19.2 Å². The lowest BCUT2D eigenvalue weighted by atomic mass is 10.0. The van der Waals surface area contributed by atoms with Crippen molar-refractivity contribution in [2.24, 2.45) is 0 Å². The van der Waals surface area contributed by atoms with E-state index in [4.69, 9.17) is 16.3 Å². The summed E-state index contributed by atoms with van der Waals surface area (Å²) in [6.07, 6.45) is 0.870. The van der Waals surface area contributed by atoms with Crippen LogP contribution in [0.3, 0.4) is 0 Å². The molecule has 0 aliphatic heterocycles. The fraction of sp³-hybridized carbons (Fsp3) is 0.250. The van der Waals surface area contributed by atoms with Gasteiger partial charge < -0.3 is 4.74 Å². The molecule has 2 aromatic rings. The van der Waals surface area contributed by atoms with Gasteiger partial charge in [0.1, 0.15) is 5.82 Å². The number of halogens is 3. The highest BCUT2D eigenvalue weighted by atomic mass is 79.9. The molecule has 0 N–H and O–H groups in total. The Hall–Kier alpha value is -0.900. The summed E-state index contributed by atoms with van der Waals surface area (Å²) >= 11 is 9.46. The van der Waals surface area contributed by atoms with E-state index in [-0.39, 0.29) is 10.6 Å². The van der Waals surface area contributed by atoms with E-state index >= 15 is 0 Å². The van der Waals surface area contributed by atoms with Crippen molar-refractivity contribution in [3.05, 3.63) is 70.0 Å². The molecule has 0 bridgehead atoms. The SMILES string of the molecule is COCCc1ccc(C(Br)c2cc(Cl)ccc2F)cc1. The van der Waals surface area contributed by atoms with Crippen LogP contribution in [-0.4, -0.2) is 13.7 Å². The summed E-state index contributed by atoms with van der Waals surface area (Å²) in [5.74, 6) is -0.264. The highest BCUT2D eigenvalue weighted by Crippen LogP contribution is 2.33. The minimum Gasteiger partial charge on any atom is -0.384 e. The van der Waals surface area contributed by atoms with E-state index in [2.05, 4.69) is 15.9 Å². The van der Waals surface area contributed by atoms with Gasteiger partial charge in [0, 0.05) is 17.7 Å². The minimum atomic E-state index is -0.264. The van der Waals surface area contributed by atoms with Crippen molar-refractivity contribution in [2.45, 2.75) is 11.2 Å². The van der Waals surface area contributed by atoms with Gasteiger partial charge in [0.15, 0.2) is 0 Å². The second-order valence-electron chi connectivity index (χ2n) is 4.51. The first-order valence-electron chi connectivity index (χ1n) is 6.28. The van der Waals surface area contributed by atoms with Gasteiger partial charge in [-0.1, -0.05) is 51.8 Å². The van der Waals surface area contributed by atoms with Gasteiger partial charge in [0.25, 0.3) is 0 Å². The molecule has 0 saturated heterocycles. The molecular formula is C16H15BrClFO. The Morgan fingerprint density at radius 2 is 1.90 bits per heavy atom. The molecule has 20 heavy (non-hydrogen) atoms. The molecule has 0 aliphatic carbocycles. The molecular weight excluding hydrogens is 343 g/mol. The summed E-state index contributed by atoms with van der Waals surface area (Å²) in [7, 11) is 1.69. The Labute approximate surface area is 131 Å². The van der Waals surface area contributed by atoms with Crippen molar-refractivity contribution >= 4 is 27.5 Å². The third-order valence-electron chi connectivity index (χ3n) is 3.10. The van der Waals surface area contributed by atoms with Crippen LogP contribution in [0.15, 0.2) is 42.5 Å². The van der Waals surface area contributed by atoms with E-state index in [1.165, 1.54) is 11.6 Å². The summed E-state index contributed by atoms with van der Waals surface area (Å²) < 4.78 is 18.9. The first-order valence-corrected chi connectivity index (χ1v) is 7.58. The summed E-state index contributed by atoms with van der Waals surface area (Å²) in [5, 5.41) is 0.530. The third-order valence-corrected chi connectivity index (χ3v) is 4.36. The lowest BCUT2D eigenvalue weighted by molar-refractivity contribution is 0.202. The van der Waals surface area contributed by atoms with Crippen LogP contribution >= 0.6 is 27.5 Å². The average Bonchev–Trinajstić information content (AvgIpc) is 2.47. The molecule has 0 saturated carbocycles. The fourth-order valence-electron chi connectivity index (χ4n) is 1.96. The van der Waals surface area contributed by atoms with Gasteiger partial charge in [-0.25, -0.2) is 4.39 Å². The van der Waals surface area contributed by atoms with Crippen LogP contribution in [0.2, 0.25) is 5.02 Å². The third kappa shape index (κ3) is 3.81. The zero-order valence-electron chi connectivity index (χ0n) is 11.1. The van der Waals surface area contributed by atoms with Crippen molar-refractivity contribution in [1.82, 2.24) is 0 Å². The highest BCUT2D eigenvalue weighted by Gasteiger charge is 2.15.